The van der Waals surface area contributed by atoms with Gasteiger partial charge in [0.1, 0.15) is 5.15 Å². The van der Waals surface area contributed by atoms with E-state index in [9.17, 15) is 4.79 Å². The lowest BCUT2D eigenvalue weighted by atomic mass is 9.91. The summed E-state index contributed by atoms with van der Waals surface area (Å²) in [6.45, 7) is 6.07. The average molecular weight is 293 g/mol. The number of nitrogens with zero attached hydrogens (tertiary/aromatic N) is 3. The molecule has 2 heterocycles. The quantitative estimate of drug-likeness (QED) is 0.866. The van der Waals surface area contributed by atoms with Gasteiger partial charge in [0.15, 0.2) is 0 Å². The highest BCUT2D eigenvalue weighted by Crippen LogP contribution is 2.23. The molecule has 106 valence electrons. The van der Waals surface area contributed by atoms with Gasteiger partial charge in [-0.3, -0.25) is 9.48 Å². The number of hydrogen-bond acceptors (Lipinski definition) is 3. The van der Waals surface area contributed by atoms with Crippen molar-refractivity contribution in [2.45, 2.75) is 26.2 Å². The Bertz CT molecular complexity index is 643. The van der Waals surface area contributed by atoms with Crippen LogP contribution in [0.25, 0.3) is 0 Å². The maximum absolute atomic E-state index is 12.2. The first-order chi connectivity index (χ1) is 9.25. The lowest BCUT2D eigenvalue weighted by molar-refractivity contribution is 0.102. The van der Waals surface area contributed by atoms with E-state index in [-0.39, 0.29) is 11.3 Å². The van der Waals surface area contributed by atoms with Crippen LogP contribution in [0.5, 0.6) is 0 Å². The molecule has 1 N–H and O–H groups in total. The lowest BCUT2D eigenvalue weighted by Gasteiger charge is -2.18. The summed E-state index contributed by atoms with van der Waals surface area (Å²) in [5, 5.41) is 7.09. The van der Waals surface area contributed by atoms with Crippen molar-refractivity contribution in [1.29, 1.82) is 0 Å². The molecule has 2 aromatic rings. The highest BCUT2D eigenvalue weighted by atomic mass is 35.5. The number of aryl methyl sites for hydroxylation is 1. The number of pyridine rings is 1. The van der Waals surface area contributed by atoms with E-state index in [4.69, 9.17) is 11.6 Å². The molecule has 0 aromatic carbocycles. The van der Waals surface area contributed by atoms with Gasteiger partial charge < -0.3 is 5.32 Å². The van der Waals surface area contributed by atoms with Crippen molar-refractivity contribution >= 4 is 23.2 Å². The molecule has 0 aliphatic heterocycles. The molecule has 0 spiro atoms. The minimum Gasteiger partial charge on any atom is -0.319 e. The summed E-state index contributed by atoms with van der Waals surface area (Å²) in [5.74, 6) is -0.229. The van der Waals surface area contributed by atoms with Crippen molar-refractivity contribution in [3.8, 4) is 0 Å². The van der Waals surface area contributed by atoms with Gasteiger partial charge in [0, 0.05) is 29.9 Å². The van der Waals surface area contributed by atoms with E-state index in [1.54, 1.807) is 36.3 Å². The third kappa shape index (κ3) is 3.36. The van der Waals surface area contributed by atoms with Gasteiger partial charge in [-0.1, -0.05) is 32.4 Å². The number of carbonyl (C=O) groups is 1. The van der Waals surface area contributed by atoms with E-state index >= 15 is 0 Å². The number of nitrogens with one attached hydrogen (secondary N) is 1. The fourth-order valence-electron chi connectivity index (χ4n) is 1.70. The van der Waals surface area contributed by atoms with Crippen LogP contribution in [0.2, 0.25) is 5.15 Å². The molecule has 0 bridgehead atoms. The fraction of sp³-hybridized carbons (Fsp3) is 0.357. The van der Waals surface area contributed by atoms with Crippen LogP contribution in [0.4, 0.5) is 5.69 Å². The Morgan fingerprint density at radius 3 is 2.60 bits per heavy atom. The summed E-state index contributed by atoms with van der Waals surface area (Å²) >= 11 is 6.00. The van der Waals surface area contributed by atoms with Crippen LogP contribution in [0.1, 0.15) is 36.8 Å². The van der Waals surface area contributed by atoms with Crippen molar-refractivity contribution in [3.05, 3.63) is 40.9 Å². The molecule has 2 rings (SSSR count). The van der Waals surface area contributed by atoms with E-state index in [1.165, 1.54) is 0 Å². The second-order valence-corrected chi connectivity index (χ2v) is 6.06. The normalized spacial score (nSPS) is 11.4. The minimum absolute atomic E-state index is 0.172. The molecule has 0 saturated carbocycles. The zero-order valence-corrected chi connectivity index (χ0v) is 12.7. The van der Waals surface area contributed by atoms with Crippen LogP contribution in [-0.4, -0.2) is 20.7 Å². The summed E-state index contributed by atoms with van der Waals surface area (Å²) in [5.41, 5.74) is 1.73. The number of anilines is 1. The minimum atomic E-state index is -0.229. The van der Waals surface area contributed by atoms with Gasteiger partial charge in [0.05, 0.1) is 11.9 Å². The van der Waals surface area contributed by atoms with Crippen LogP contribution >= 0.6 is 11.6 Å². The molecule has 0 fully saturated rings. The van der Waals surface area contributed by atoms with Gasteiger partial charge in [-0.2, -0.15) is 5.10 Å². The Morgan fingerprint density at radius 2 is 2.05 bits per heavy atom. The molecule has 2 aromatic heterocycles. The van der Waals surface area contributed by atoms with Gasteiger partial charge >= 0.3 is 0 Å². The van der Waals surface area contributed by atoms with Gasteiger partial charge in [-0.05, 0) is 12.1 Å². The predicted octanol–water partition coefficient (Wildman–Crippen LogP) is 3.02. The van der Waals surface area contributed by atoms with Crippen molar-refractivity contribution in [3.63, 3.8) is 0 Å². The standard InChI is InChI=1S/C14H17ClN4O/c1-14(2,3)11-5-9(6-12(15)18-11)13(20)17-10-7-16-19(4)8-10/h5-8H,1-4H3,(H,17,20). The summed E-state index contributed by atoms with van der Waals surface area (Å²) in [4.78, 5) is 16.5. The van der Waals surface area contributed by atoms with Gasteiger partial charge in [-0.15, -0.1) is 0 Å². The van der Waals surface area contributed by atoms with Crippen molar-refractivity contribution in [2.24, 2.45) is 7.05 Å². The lowest BCUT2D eigenvalue weighted by Crippen LogP contribution is -2.17. The van der Waals surface area contributed by atoms with Gasteiger partial charge in [0.25, 0.3) is 5.91 Å². The third-order valence-electron chi connectivity index (χ3n) is 2.79. The third-order valence-corrected chi connectivity index (χ3v) is 2.98. The summed E-state index contributed by atoms with van der Waals surface area (Å²) in [6.07, 6.45) is 3.32. The molecule has 0 saturated heterocycles. The van der Waals surface area contributed by atoms with E-state index < -0.39 is 0 Å². The molecular formula is C14H17ClN4O. The van der Waals surface area contributed by atoms with E-state index in [1.807, 2.05) is 20.8 Å². The van der Waals surface area contributed by atoms with E-state index in [2.05, 4.69) is 15.4 Å². The van der Waals surface area contributed by atoms with Gasteiger partial charge in [0.2, 0.25) is 0 Å². The van der Waals surface area contributed by atoms with Crippen LogP contribution in [0.15, 0.2) is 24.5 Å². The first-order valence-corrected chi connectivity index (χ1v) is 6.61. The number of amides is 1. The molecule has 5 nitrogen and oxygen atoms in total. The maximum atomic E-state index is 12.2. The summed E-state index contributed by atoms with van der Waals surface area (Å²) in [6, 6.07) is 3.32. The largest absolute Gasteiger partial charge is 0.319 e. The predicted molar refractivity (Wildman–Crippen MR) is 79.1 cm³/mol. The smallest absolute Gasteiger partial charge is 0.255 e. The Kier molecular flexibility index (Phi) is 3.81. The van der Waals surface area contributed by atoms with Crippen LogP contribution in [-0.2, 0) is 12.5 Å². The Morgan fingerprint density at radius 1 is 1.35 bits per heavy atom. The molecule has 1 amide bonds. The summed E-state index contributed by atoms with van der Waals surface area (Å²) in [7, 11) is 1.79. The van der Waals surface area contributed by atoms with Crippen LogP contribution < -0.4 is 5.32 Å². The molecule has 0 unspecified atom stereocenters. The zero-order valence-electron chi connectivity index (χ0n) is 11.9. The Balaban J connectivity index is 2.28. The van der Waals surface area contributed by atoms with Crippen molar-refractivity contribution in [1.82, 2.24) is 14.8 Å². The molecule has 0 aliphatic rings. The highest BCUT2D eigenvalue weighted by molar-refractivity contribution is 6.29. The number of rotatable bonds is 2. The maximum Gasteiger partial charge on any atom is 0.255 e. The van der Waals surface area contributed by atoms with Crippen LogP contribution in [0.3, 0.4) is 0 Å². The molecule has 0 atom stereocenters. The van der Waals surface area contributed by atoms with E-state index in [0.29, 0.717) is 16.4 Å². The molecule has 0 aliphatic carbocycles. The second kappa shape index (κ2) is 5.25. The molecule has 0 radical (unpaired) electrons. The van der Waals surface area contributed by atoms with Crippen LogP contribution in [0, 0.1) is 0 Å². The number of hydrogen-bond donors (Lipinski definition) is 1. The van der Waals surface area contributed by atoms with Crippen molar-refractivity contribution in [2.75, 3.05) is 5.32 Å². The second-order valence-electron chi connectivity index (χ2n) is 5.67. The molecule has 20 heavy (non-hydrogen) atoms. The first kappa shape index (κ1) is 14.5. The number of carbonyl (C=O) groups excluding carboxylic acids is 1. The first-order valence-electron chi connectivity index (χ1n) is 6.24. The topological polar surface area (TPSA) is 59.8 Å². The number of halogens is 1. The SMILES string of the molecule is Cn1cc(NC(=O)c2cc(Cl)nc(C(C)(C)C)c2)cn1. The Labute approximate surface area is 123 Å². The van der Waals surface area contributed by atoms with E-state index in [0.717, 1.165) is 5.69 Å². The monoisotopic (exact) mass is 292 g/mol. The van der Waals surface area contributed by atoms with Gasteiger partial charge in [-0.25, -0.2) is 4.98 Å². The Hall–Kier alpha value is -1.88. The fourth-order valence-corrected chi connectivity index (χ4v) is 1.91. The highest BCUT2D eigenvalue weighted by Gasteiger charge is 2.19. The molecular weight excluding hydrogens is 276 g/mol. The average Bonchev–Trinajstić information content (AvgIpc) is 2.72. The van der Waals surface area contributed by atoms with Crippen molar-refractivity contribution < 1.29 is 4.79 Å². The number of aromatic nitrogens is 3. The molecule has 6 heteroatoms. The summed E-state index contributed by atoms with van der Waals surface area (Å²) < 4.78 is 1.62. The zero-order chi connectivity index (χ0) is 14.9.